The van der Waals surface area contributed by atoms with Gasteiger partial charge in [0.25, 0.3) is 10.0 Å². The molecule has 0 atom stereocenters. The quantitative estimate of drug-likeness (QED) is 0.588. The number of methoxy groups -OCH3 is 1. The van der Waals surface area contributed by atoms with Crippen molar-refractivity contribution in [1.29, 1.82) is 0 Å². The number of halogens is 2. The Balaban J connectivity index is 2.23. The molecule has 0 saturated carbocycles. The second kappa shape index (κ2) is 8.06. The van der Waals surface area contributed by atoms with Gasteiger partial charge in [0.1, 0.15) is 10.6 Å². The molecule has 1 N–H and O–H groups in total. The van der Waals surface area contributed by atoms with Crippen molar-refractivity contribution < 1.29 is 31.8 Å². The molecule has 3 aromatic rings. The van der Waals surface area contributed by atoms with Crippen LogP contribution in [-0.4, -0.2) is 52.6 Å². The largest absolute Gasteiger partial charge is 0.481 e. The first-order valence-corrected chi connectivity index (χ1v) is 9.81. The van der Waals surface area contributed by atoms with E-state index in [4.69, 9.17) is 9.84 Å². The predicted octanol–water partition coefficient (Wildman–Crippen LogP) is 2.58. The first-order valence-electron chi connectivity index (χ1n) is 8.37. The highest BCUT2D eigenvalue weighted by Gasteiger charge is 2.29. The molecule has 9 nitrogen and oxygen atoms in total. The molecule has 0 saturated heterocycles. The fourth-order valence-electron chi connectivity index (χ4n) is 2.69. The molecule has 0 fully saturated rings. The van der Waals surface area contributed by atoms with E-state index in [0.717, 1.165) is 23.5 Å². The maximum absolute atomic E-state index is 15.2. The standard InChI is InChI=1S/C18H16F2N4O5S/c1-23(18(25)26)9-11-10-24(16(15(11)19)13-4-3-7-21-17(13)20)30(27,28)12-5-6-14(29-2)22-8-12/h3-8,10H,9H2,1-2H3,(H,25,26). The van der Waals surface area contributed by atoms with Crippen LogP contribution in [0.5, 0.6) is 5.88 Å². The van der Waals surface area contributed by atoms with Crippen LogP contribution in [0.3, 0.4) is 0 Å². The highest BCUT2D eigenvalue weighted by Crippen LogP contribution is 2.32. The Morgan fingerprint density at radius 3 is 2.57 bits per heavy atom. The van der Waals surface area contributed by atoms with E-state index in [9.17, 15) is 17.6 Å². The molecule has 158 valence electrons. The number of hydrogen-bond acceptors (Lipinski definition) is 6. The van der Waals surface area contributed by atoms with Crippen molar-refractivity contribution in [2.75, 3.05) is 14.2 Å². The predicted molar refractivity (Wildman–Crippen MR) is 100 cm³/mol. The zero-order valence-electron chi connectivity index (χ0n) is 15.8. The van der Waals surface area contributed by atoms with E-state index in [1.54, 1.807) is 0 Å². The monoisotopic (exact) mass is 438 g/mol. The van der Waals surface area contributed by atoms with Gasteiger partial charge in [0, 0.05) is 31.1 Å². The van der Waals surface area contributed by atoms with Crippen LogP contribution in [0.1, 0.15) is 5.56 Å². The van der Waals surface area contributed by atoms with E-state index in [0.29, 0.717) is 3.97 Å². The van der Waals surface area contributed by atoms with Crippen LogP contribution < -0.4 is 4.74 Å². The minimum absolute atomic E-state index is 0.162. The maximum Gasteiger partial charge on any atom is 0.407 e. The van der Waals surface area contributed by atoms with E-state index in [-0.39, 0.29) is 16.3 Å². The third-order valence-corrected chi connectivity index (χ3v) is 5.85. The van der Waals surface area contributed by atoms with Crippen LogP contribution >= 0.6 is 0 Å². The molecule has 3 aromatic heterocycles. The van der Waals surface area contributed by atoms with Crippen LogP contribution in [0.4, 0.5) is 13.6 Å². The van der Waals surface area contributed by atoms with Crippen LogP contribution in [0.25, 0.3) is 11.3 Å². The van der Waals surface area contributed by atoms with Gasteiger partial charge in [0.05, 0.1) is 25.4 Å². The molecule has 1 amide bonds. The first-order chi connectivity index (χ1) is 14.2. The van der Waals surface area contributed by atoms with Gasteiger partial charge in [0.2, 0.25) is 11.8 Å². The second-order valence-electron chi connectivity index (χ2n) is 6.13. The van der Waals surface area contributed by atoms with Gasteiger partial charge in [-0.05, 0) is 18.2 Å². The van der Waals surface area contributed by atoms with Gasteiger partial charge >= 0.3 is 6.09 Å². The lowest BCUT2D eigenvalue weighted by Crippen LogP contribution is -2.24. The summed E-state index contributed by atoms with van der Waals surface area (Å²) in [4.78, 5) is 18.8. The van der Waals surface area contributed by atoms with Gasteiger partial charge in [0.15, 0.2) is 5.82 Å². The van der Waals surface area contributed by atoms with Crippen molar-refractivity contribution in [3.8, 4) is 17.1 Å². The minimum Gasteiger partial charge on any atom is -0.481 e. The van der Waals surface area contributed by atoms with Crippen molar-refractivity contribution in [3.63, 3.8) is 0 Å². The van der Waals surface area contributed by atoms with E-state index in [1.807, 2.05) is 0 Å². The van der Waals surface area contributed by atoms with Gasteiger partial charge in [-0.25, -0.2) is 31.5 Å². The summed E-state index contributed by atoms with van der Waals surface area (Å²) in [5, 5.41) is 9.05. The number of hydrogen-bond donors (Lipinski definition) is 1. The summed E-state index contributed by atoms with van der Waals surface area (Å²) in [6.45, 7) is -0.459. The number of nitrogens with zero attached hydrogens (tertiary/aromatic N) is 4. The summed E-state index contributed by atoms with van der Waals surface area (Å²) in [5.74, 6) is -2.01. The molecule has 30 heavy (non-hydrogen) atoms. The number of carbonyl (C=O) groups is 1. The summed E-state index contributed by atoms with van der Waals surface area (Å²) in [6.07, 6.45) is 1.71. The van der Waals surface area contributed by atoms with E-state index >= 15 is 4.39 Å². The molecular formula is C18H16F2N4O5S. The summed E-state index contributed by atoms with van der Waals surface area (Å²) < 4.78 is 61.3. The molecule has 0 spiro atoms. The minimum atomic E-state index is -4.42. The number of aromatic nitrogens is 3. The summed E-state index contributed by atoms with van der Waals surface area (Å²) in [5.41, 5.74) is -1.27. The fraction of sp³-hybridized carbons (Fsp3) is 0.167. The highest BCUT2D eigenvalue weighted by molar-refractivity contribution is 7.90. The summed E-state index contributed by atoms with van der Waals surface area (Å²) in [6, 6.07) is 4.99. The molecule has 0 aliphatic carbocycles. The molecule has 3 rings (SSSR count). The van der Waals surface area contributed by atoms with E-state index < -0.39 is 45.7 Å². The number of carboxylic acid groups (broad SMARTS) is 1. The zero-order valence-corrected chi connectivity index (χ0v) is 16.6. The fourth-order valence-corrected chi connectivity index (χ4v) is 4.03. The molecule has 0 radical (unpaired) electrons. The van der Waals surface area contributed by atoms with Crippen LogP contribution in [-0.2, 0) is 16.6 Å². The maximum atomic E-state index is 15.2. The van der Waals surface area contributed by atoms with Crippen molar-refractivity contribution in [1.82, 2.24) is 18.8 Å². The topological polar surface area (TPSA) is 115 Å². The lowest BCUT2D eigenvalue weighted by atomic mass is 10.2. The normalized spacial score (nSPS) is 11.3. The zero-order chi connectivity index (χ0) is 22.1. The van der Waals surface area contributed by atoms with Crippen LogP contribution in [0.15, 0.2) is 47.8 Å². The smallest absolute Gasteiger partial charge is 0.407 e. The average molecular weight is 438 g/mol. The lowest BCUT2D eigenvalue weighted by molar-refractivity contribution is 0.153. The first kappa shape index (κ1) is 21.2. The third kappa shape index (κ3) is 3.81. The van der Waals surface area contributed by atoms with Crippen molar-refractivity contribution >= 4 is 16.1 Å². The van der Waals surface area contributed by atoms with Crippen LogP contribution in [0.2, 0.25) is 0 Å². The Morgan fingerprint density at radius 2 is 2.00 bits per heavy atom. The second-order valence-corrected chi connectivity index (χ2v) is 7.95. The Labute approximate surface area is 170 Å². The average Bonchev–Trinajstić information content (AvgIpc) is 3.05. The Hall–Kier alpha value is -3.54. The SMILES string of the molecule is COc1ccc(S(=O)(=O)n2cc(CN(C)C(=O)O)c(F)c2-c2cccnc2F)cn1. The molecule has 0 bridgehead atoms. The van der Waals surface area contributed by atoms with E-state index in [2.05, 4.69) is 9.97 Å². The highest BCUT2D eigenvalue weighted by atomic mass is 32.2. The summed E-state index contributed by atoms with van der Waals surface area (Å²) in [7, 11) is -1.88. The molecule has 12 heteroatoms. The van der Waals surface area contributed by atoms with Crippen LogP contribution in [0, 0.1) is 11.8 Å². The van der Waals surface area contributed by atoms with Gasteiger partial charge in [-0.3, -0.25) is 0 Å². The van der Waals surface area contributed by atoms with Gasteiger partial charge < -0.3 is 14.7 Å². The molecule has 0 unspecified atom stereocenters. The van der Waals surface area contributed by atoms with Gasteiger partial charge in [-0.2, -0.15) is 4.39 Å². The molecule has 0 aliphatic rings. The Kier molecular flexibility index (Phi) is 5.69. The number of pyridine rings is 2. The molecule has 0 aromatic carbocycles. The summed E-state index contributed by atoms with van der Waals surface area (Å²) >= 11 is 0. The van der Waals surface area contributed by atoms with Gasteiger partial charge in [-0.1, -0.05) is 0 Å². The third-order valence-electron chi connectivity index (χ3n) is 4.21. The molecular weight excluding hydrogens is 422 g/mol. The Bertz CT molecular complexity index is 1200. The van der Waals surface area contributed by atoms with Crippen molar-refractivity contribution in [3.05, 3.63) is 60.2 Å². The lowest BCUT2D eigenvalue weighted by Gasteiger charge is -2.11. The number of rotatable bonds is 6. The Morgan fingerprint density at radius 1 is 1.27 bits per heavy atom. The molecule has 3 heterocycles. The number of amides is 1. The van der Waals surface area contributed by atoms with Crippen molar-refractivity contribution in [2.45, 2.75) is 11.4 Å². The van der Waals surface area contributed by atoms with E-state index in [1.165, 1.54) is 38.4 Å². The van der Waals surface area contributed by atoms with Gasteiger partial charge in [-0.15, -0.1) is 0 Å². The van der Waals surface area contributed by atoms with Crippen molar-refractivity contribution in [2.24, 2.45) is 0 Å². The molecule has 0 aliphatic heterocycles. The number of ether oxygens (including phenoxy) is 1.